The van der Waals surface area contributed by atoms with Crippen molar-refractivity contribution in [3.8, 4) is 0 Å². The maximum atomic E-state index is 11.1. The summed E-state index contributed by atoms with van der Waals surface area (Å²) in [4.78, 5) is 23.5. The second-order valence-corrected chi connectivity index (χ2v) is 4.44. The third kappa shape index (κ3) is 3.34. The fourth-order valence-corrected chi connectivity index (χ4v) is 2.06. The lowest BCUT2D eigenvalue weighted by atomic mass is 10.1. The maximum Gasteiger partial charge on any atom is 0.336 e. The van der Waals surface area contributed by atoms with Crippen LogP contribution in [0.1, 0.15) is 29.3 Å². The van der Waals surface area contributed by atoms with E-state index in [0.717, 1.165) is 12.5 Å². The molecule has 108 valence electrons. The van der Waals surface area contributed by atoms with E-state index in [0.29, 0.717) is 24.3 Å². The molecule has 0 fully saturated rings. The van der Waals surface area contributed by atoms with E-state index < -0.39 is 10.9 Å². The Labute approximate surface area is 117 Å². The van der Waals surface area contributed by atoms with Crippen LogP contribution in [-0.4, -0.2) is 29.1 Å². The molecular formula is C14H18N2O4. The Hall–Kier alpha value is -2.37. The standard InChI is InChI=1S/C14H18N2O4/c1-4-6-15(7-5-2)12-8-11(14(17)18)9-13(10(12)3)16(19)20/h4,8-9H,1,5-7H2,2-3H3,(H,17,18). The van der Waals surface area contributed by atoms with E-state index in [1.54, 1.807) is 13.0 Å². The number of anilines is 1. The molecule has 0 saturated heterocycles. The summed E-state index contributed by atoms with van der Waals surface area (Å²) in [6.45, 7) is 8.46. The van der Waals surface area contributed by atoms with E-state index in [1.807, 2.05) is 11.8 Å². The molecule has 0 aliphatic rings. The van der Waals surface area contributed by atoms with Crippen molar-refractivity contribution < 1.29 is 14.8 Å². The van der Waals surface area contributed by atoms with Gasteiger partial charge in [0.05, 0.1) is 16.1 Å². The summed E-state index contributed by atoms with van der Waals surface area (Å²) in [7, 11) is 0. The number of nitro groups is 1. The molecule has 1 aromatic rings. The van der Waals surface area contributed by atoms with Crippen LogP contribution in [0.5, 0.6) is 0 Å². The molecule has 0 atom stereocenters. The summed E-state index contributed by atoms with van der Waals surface area (Å²) in [5.74, 6) is -1.18. The Bertz CT molecular complexity index is 540. The van der Waals surface area contributed by atoms with Gasteiger partial charge in [0.1, 0.15) is 0 Å². The van der Waals surface area contributed by atoms with Crippen LogP contribution in [0.3, 0.4) is 0 Å². The van der Waals surface area contributed by atoms with Crippen molar-refractivity contribution in [2.75, 3.05) is 18.0 Å². The molecule has 0 bridgehead atoms. The highest BCUT2D eigenvalue weighted by Crippen LogP contribution is 2.30. The topological polar surface area (TPSA) is 83.7 Å². The fourth-order valence-electron chi connectivity index (χ4n) is 2.06. The summed E-state index contributed by atoms with van der Waals surface area (Å²) >= 11 is 0. The smallest absolute Gasteiger partial charge is 0.336 e. The molecular weight excluding hydrogens is 260 g/mol. The molecule has 0 saturated carbocycles. The van der Waals surface area contributed by atoms with Gasteiger partial charge in [-0.3, -0.25) is 10.1 Å². The van der Waals surface area contributed by atoms with Crippen LogP contribution in [0.4, 0.5) is 11.4 Å². The minimum absolute atomic E-state index is 0.0811. The first-order valence-corrected chi connectivity index (χ1v) is 6.30. The number of carboxylic acid groups (broad SMARTS) is 1. The summed E-state index contributed by atoms with van der Waals surface area (Å²) in [6, 6.07) is 2.57. The molecule has 0 unspecified atom stereocenters. The number of nitro benzene ring substituents is 1. The van der Waals surface area contributed by atoms with E-state index in [1.165, 1.54) is 6.07 Å². The van der Waals surface area contributed by atoms with Crippen LogP contribution in [-0.2, 0) is 0 Å². The predicted octanol–water partition coefficient (Wildman–Crippen LogP) is 3.00. The third-order valence-electron chi connectivity index (χ3n) is 2.98. The number of aromatic carboxylic acids is 1. The van der Waals surface area contributed by atoms with Crippen molar-refractivity contribution in [3.05, 3.63) is 46.0 Å². The molecule has 1 rings (SSSR count). The molecule has 0 aliphatic heterocycles. The largest absolute Gasteiger partial charge is 0.478 e. The molecule has 0 aromatic heterocycles. The average Bonchev–Trinajstić information content (AvgIpc) is 2.38. The lowest BCUT2D eigenvalue weighted by molar-refractivity contribution is -0.385. The zero-order valence-corrected chi connectivity index (χ0v) is 11.6. The van der Waals surface area contributed by atoms with Crippen molar-refractivity contribution in [2.45, 2.75) is 20.3 Å². The molecule has 20 heavy (non-hydrogen) atoms. The van der Waals surface area contributed by atoms with E-state index in [4.69, 9.17) is 5.11 Å². The van der Waals surface area contributed by atoms with Crippen molar-refractivity contribution in [3.63, 3.8) is 0 Å². The van der Waals surface area contributed by atoms with Crippen LogP contribution in [0.15, 0.2) is 24.8 Å². The molecule has 0 aliphatic carbocycles. The lowest BCUT2D eigenvalue weighted by Gasteiger charge is -2.24. The number of carbonyl (C=O) groups is 1. The number of hydrogen-bond donors (Lipinski definition) is 1. The quantitative estimate of drug-likeness (QED) is 0.471. The average molecular weight is 278 g/mol. The van der Waals surface area contributed by atoms with Gasteiger partial charge >= 0.3 is 5.97 Å². The van der Waals surface area contributed by atoms with Crippen LogP contribution in [0.2, 0.25) is 0 Å². The highest BCUT2D eigenvalue weighted by molar-refractivity contribution is 5.90. The first-order chi connectivity index (χ1) is 9.42. The van der Waals surface area contributed by atoms with Crippen molar-refractivity contribution in [2.24, 2.45) is 0 Å². The Morgan fingerprint density at radius 1 is 1.55 bits per heavy atom. The van der Waals surface area contributed by atoms with Gasteiger partial charge in [-0.2, -0.15) is 0 Å². The second-order valence-electron chi connectivity index (χ2n) is 4.44. The molecule has 6 heteroatoms. The first kappa shape index (κ1) is 15.7. The Morgan fingerprint density at radius 2 is 2.20 bits per heavy atom. The van der Waals surface area contributed by atoms with Gasteiger partial charge in [0.2, 0.25) is 0 Å². The van der Waals surface area contributed by atoms with Gasteiger partial charge in [-0.15, -0.1) is 6.58 Å². The lowest BCUT2D eigenvalue weighted by Crippen LogP contribution is -2.25. The van der Waals surface area contributed by atoms with E-state index >= 15 is 0 Å². The summed E-state index contributed by atoms with van der Waals surface area (Å²) in [6.07, 6.45) is 2.53. The van der Waals surface area contributed by atoms with Crippen LogP contribution >= 0.6 is 0 Å². The molecule has 0 radical (unpaired) electrons. The highest BCUT2D eigenvalue weighted by atomic mass is 16.6. The van der Waals surface area contributed by atoms with Gasteiger partial charge in [0.15, 0.2) is 0 Å². The molecule has 6 nitrogen and oxygen atoms in total. The summed E-state index contributed by atoms with van der Waals surface area (Å²) in [5, 5.41) is 20.1. The van der Waals surface area contributed by atoms with Crippen molar-refractivity contribution in [1.29, 1.82) is 0 Å². The summed E-state index contributed by atoms with van der Waals surface area (Å²) < 4.78 is 0. The maximum absolute atomic E-state index is 11.1. The molecule has 1 N–H and O–H groups in total. The second kappa shape index (κ2) is 6.70. The minimum Gasteiger partial charge on any atom is -0.478 e. The Balaban J connectivity index is 3.45. The molecule has 1 aromatic carbocycles. The SMILES string of the molecule is C=CCN(CCC)c1cc(C(=O)O)cc([N+](=O)[O-])c1C. The molecule has 0 spiro atoms. The van der Waals surface area contributed by atoms with Gasteiger partial charge < -0.3 is 10.0 Å². The van der Waals surface area contributed by atoms with Crippen LogP contribution < -0.4 is 4.90 Å². The Kier molecular flexibility index (Phi) is 5.25. The molecule has 0 heterocycles. The monoisotopic (exact) mass is 278 g/mol. The van der Waals surface area contributed by atoms with E-state index in [-0.39, 0.29) is 11.3 Å². The van der Waals surface area contributed by atoms with Gasteiger partial charge in [-0.25, -0.2) is 4.79 Å². The van der Waals surface area contributed by atoms with E-state index in [2.05, 4.69) is 6.58 Å². The zero-order chi connectivity index (χ0) is 15.3. The minimum atomic E-state index is -1.18. The van der Waals surface area contributed by atoms with Crippen molar-refractivity contribution in [1.82, 2.24) is 0 Å². The molecule has 0 amide bonds. The van der Waals surface area contributed by atoms with Gasteiger partial charge in [0.25, 0.3) is 5.69 Å². The third-order valence-corrected chi connectivity index (χ3v) is 2.98. The van der Waals surface area contributed by atoms with Gasteiger partial charge in [-0.05, 0) is 19.4 Å². The first-order valence-electron chi connectivity index (χ1n) is 6.30. The number of nitrogens with zero attached hydrogens (tertiary/aromatic N) is 2. The van der Waals surface area contributed by atoms with Crippen LogP contribution in [0, 0.1) is 17.0 Å². The zero-order valence-electron chi connectivity index (χ0n) is 11.6. The normalized spacial score (nSPS) is 10.1. The summed E-state index contributed by atoms with van der Waals surface area (Å²) in [5.41, 5.74) is 0.779. The Morgan fingerprint density at radius 3 is 2.65 bits per heavy atom. The van der Waals surface area contributed by atoms with Crippen molar-refractivity contribution >= 4 is 17.3 Å². The highest BCUT2D eigenvalue weighted by Gasteiger charge is 2.21. The van der Waals surface area contributed by atoms with Gasteiger partial charge in [0, 0.05) is 24.8 Å². The number of rotatable bonds is 7. The van der Waals surface area contributed by atoms with Gasteiger partial charge in [-0.1, -0.05) is 13.0 Å². The number of carboxylic acids is 1. The number of hydrogen-bond acceptors (Lipinski definition) is 4. The predicted molar refractivity (Wildman–Crippen MR) is 77.5 cm³/mol. The fraction of sp³-hybridized carbons (Fsp3) is 0.357. The number of benzene rings is 1. The van der Waals surface area contributed by atoms with Crippen LogP contribution in [0.25, 0.3) is 0 Å². The van der Waals surface area contributed by atoms with E-state index in [9.17, 15) is 14.9 Å².